The largest absolute Gasteiger partial charge is 0.478 e. The predicted molar refractivity (Wildman–Crippen MR) is 67.4 cm³/mol. The molecule has 1 atom stereocenters. The van der Waals surface area contributed by atoms with Gasteiger partial charge in [0.2, 0.25) is 0 Å². The van der Waals surface area contributed by atoms with Crippen molar-refractivity contribution in [1.29, 1.82) is 0 Å². The number of rotatable bonds is 6. The number of carboxylic acid groups (broad SMARTS) is 1. The third-order valence-electron chi connectivity index (χ3n) is 2.35. The van der Waals surface area contributed by atoms with Crippen LogP contribution < -0.4 is 0 Å². The van der Waals surface area contributed by atoms with Gasteiger partial charge < -0.3 is 10.2 Å². The summed E-state index contributed by atoms with van der Waals surface area (Å²) < 4.78 is 25.2. The van der Waals surface area contributed by atoms with E-state index in [-0.39, 0.29) is 16.3 Å². The van der Waals surface area contributed by atoms with Crippen molar-refractivity contribution in [2.45, 2.75) is 23.7 Å². The maximum Gasteiger partial charge on any atom is 0.336 e. The second-order valence-electron chi connectivity index (χ2n) is 3.92. The Labute approximate surface area is 110 Å². The molecule has 0 saturated heterocycles. The normalized spacial score (nSPS) is 13.8. The van der Waals surface area contributed by atoms with Gasteiger partial charge in [0, 0.05) is 19.0 Å². The number of carbonyl (C=O) groups is 1. The molecule has 1 aromatic heterocycles. The molecule has 0 aliphatic carbocycles. The van der Waals surface area contributed by atoms with Crippen molar-refractivity contribution in [3.8, 4) is 0 Å². The van der Waals surface area contributed by atoms with E-state index >= 15 is 0 Å². The van der Waals surface area contributed by atoms with Crippen molar-refractivity contribution in [3.05, 3.63) is 17.0 Å². The van der Waals surface area contributed by atoms with E-state index in [1.54, 1.807) is 6.92 Å². The van der Waals surface area contributed by atoms with Gasteiger partial charge in [0.15, 0.2) is 0 Å². The lowest BCUT2D eigenvalue weighted by molar-refractivity contribution is 0.0697. The zero-order valence-corrected chi connectivity index (χ0v) is 11.7. The molecule has 0 fully saturated rings. The lowest BCUT2D eigenvalue weighted by atomic mass is 10.3. The average Bonchev–Trinajstić information content (AvgIpc) is 2.75. The molecule has 0 radical (unpaired) electrons. The number of carboxylic acids is 1. The van der Waals surface area contributed by atoms with E-state index in [0.717, 1.165) is 21.7 Å². The maximum absolute atomic E-state index is 12.0. The summed E-state index contributed by atoms with van der Waals surface area (Å²) in [5.74, 6) is -1.15. The van der Waals surface area contributed by atoms with Gasteiger partial charge in [0.1, 0.15) is 4.21 Å². The average molecular weight is 293 g/mol. The molecule has 18 heavy (non-hydrogen) atoms. The van der Waals surface area contributed by atoms with Gasteiger partial charge in [-0.1, -0.05) is 0 Å². The second-order valence-corrected chi connectivity index (χ2v) is 7.11. The van der Waals surface area contributed by atoms with Crippen molar-refractivity contribution in [2.24, 2.45) is 0 Å². The standard InChI is InChI=1S/C10H15NO5S2/c1-7(12)3-4-11(2)18(15,16)9-5-8(6-17-9)10(13)14/h5-7,12H,3-4H2,1-2H3,(H,13,14). The molecule has 6 nitrogen and oxygen atoms in total. The smallest absolute Gasteiger partial charge is 0.336 e. The lowest BCUT2D eigenvalue weighted by Gasteiger charge is -2.16. The molecule has 1 heterocycles. The molecule has 0 amide bonds. The summed E-state index contributed by atoms with van der Waals surface area (Å²) in [4.78, 5) is 10.7. The number of hydrogen-bond acceptors (Lipinski definition) is 5. The third-order valence-corrected chi connectivity index (χ3v) is 5.62. The fraction of sp³-hybridized carbons (Fsp3) is 0.500. The summed E-state index contributed by atoms with van der Waals surface area (Å²) in [5, 5.41) is 19.2. The maximum atomic E-state index is 12.0. The molecule has 0 aliphatic rings. The summed E-state index contributed by atoms with van der Waals surface area (Å²) >= 11 is 0.874. The quantitative estimate of drug-likeness (QED) is 0.810. The van der Waals surface area contributed by atoms with E-state index in [0.29, 0.717) is 6.42 Å². The summed E-state index contributed by atoms with van der Waals surface area (Å²) in [5.41, 5.74) is -0.0394. The summed E-state index contributed by atoms with van der Waals surface area (Å²) in [6, 6.07) is 1.14. The van der Waals surface area contributed by atoms with Gasteiger partial charge in [-0.15, -0.1) is 11.3 Å². The van der Waals surface area contributed by atoms with E-state index in [4.69, 9.17) is 10.2 Å². The van der Waals surface area contributed by atoms with Crippen LogP contribution in [0, 0.1) is 0 Å². The predicted octanol–water partition coefficient (Wildman–Crippen LogP) is 0.838. The van der Waals surface area contributed by atoms with Crippen LogP contribution in [0.3, 0.4) is 0 Å². The van der Waals surface area contributed by atoms with Crippen LogP contribution in [0.15, 0.2) is 15.7 Å². The van der Waals surface area contributed by atoms with E-state index in [1.807, 2.05) is 0 Å². The Balaban J connectivity index is 2.87. The highest BCUT2D eigenvalue weighted by Gasteiger charge is 2.23. The minimum atomic E-state index is -3.67. The van der Waals surface area contributed by atoms with Crippen LogP contribution in [0.4, 0.5) is 0 Å². The number of aromatic carboxylic acids is 1. The van der Waals surface area contributed by atoms with E-state index in [2.05, 4.69) is 0 Å². The monoisotopic (exact) mass is 293 g/mol. The highest BCUT2D eigenvalue weighted by atomic mass is 32.2. The Morgan fingerprint density at radius 3 is 2.61 bits per heavy atom. The third kappa shape index (κ3) is 3.52. The summed E-state index contributed by atoms with van der Waals surface area (Å²) in [6.45, 7) is 1.76. The van der Waals surface area contributed by atoms with E-state index < -0.39 is 22.1 Å². The minimum absolute atomic E-state index is 0.00649. The van der Waals surface area contributed by atoms with Gasteiger partial charge in [-0.05, 0) is 19.4 Å². The molecule has 1 unspecified atom stereocenters. The molecule has 0 aliphatic heterocycles. The molecule has 0 aromatic carbocycles. The van der Waals surface area contributed by atoms with Crippen LogP contribution in [0.25, 0.3) is 0 Å². The molecule has 0 bridgehead atoms. The van der Waals surface area contributed by atoms with Crippen molar-refractivity contribution >= 4 is 27.3 Å². The van der Waals surface area contributed by atoms with Crippen molar-refractivity contribution in [2.75, 3.05) is 13.6 Å². The van der Waals surface area contributed by atoms with Crippen LogP contribution in [0.1, 0.15) is 23.7 Å². The number of thiophene rings is 1. The van der Waals surface area contributed by atoms with E-state index in [9.17, 15) is 13.2 Å². The Kier molecular flexibility index (Phi) is 4.85. The Hall–Kier alpha value is -0.960. The van der Waals surface area contributed by atoms with Crippen LogP contribution in [-0.4, -0.2) is 48.6 Å². The van der Waals surface area contributed by atoms with Gasteiger partial charge in [-0.2, -0.15) is 0 Å². The first-order valence-electron chi connectivity index (χ1n) is 5.21. The molecule has 2 N–H and O–H groups in total. The zero-order chi connectivity index (χ0) is 13.9. The topological polar surface area (TPSA) is 94.9 Å². The molecular formula is C10H15NO5S2. The molecule has 8 heteroatoms. The first-order valence-corrected chi connectivity index (χ1v) is 7.53. The first kappa shape index (κ1) is 15.1. The number of hydrogen-bond donors (Lipinski definition) is 2. The van der Waals surface area contributed by atoms with Gasteiger partial charge in [-0.25, -0.2) is 17.5 Å². The zero-order valence-electron chi connectivity index (χ0n) is 10.0. The number of aliphatic hydroxyl groups is 1. The molecule has 0 spiro atoms. The van der Waals surface area contributed by atoms with Crippen LogP contribution in [0.5, 0.6) is 0 Å². The van der Waals surface area contributed by atoms with Gasteiger partial charge in [0.25, 0.3) is 10.0 Å². The molecule has 102 valence electrons. The van der Waals surface area contributed by atoms with Crippen LogP contribution >= 0.6 is 11.3 Å². The Bertz CT molecular complexity index is 520. The molecule has 1 rings (SSSR count). The summed E-state index contributed by atoms with van der Waals surface area (Å²) in [7, 11) is -2.27. The fourth-order valence-corrected chi connectivity index (χ4v) is 3.75. The fourth-order valence-electron chi connectivity index (χ4n) is 1.21. The number of nitrogens with zero attached hydrogens (tertiary/aromatic N) is 1. The SMILES string of the molecule is CC(O)CCN(C)S(=O)(=O)c1cc(C(=O)O)cs1. The highest BCUT2D eigenvalue weighted by molar-refractivity contribution is 7.91. The molecular weight excluding hydrogens is 278 g/mol. The van der Waals surface area contributed by atoms with Crippen LogP contribution in [0.2, 0.25) is 0 Å². The van der Waals surface area contributed by atoms with Gasteiger partial charge in [0.05, 0.1) is 11.7 Å². The second kappa shape index (κ2) is 5.79. The minimum Gasteiger partial charge on any atom is -0.478 e. The van der Waals surface area contributed by atoms with Crippen molar-refractivity contribution < 1.29 is 23.4 Å². The van der Waals surface area contributed by atoms with E-state index in [1.165, 1.54) is 12.4 Å². The Morgan fingerprint density at radius 2 is 2.17 bits per heavy atom. The Morgan fingerprint density at radius 1 is 1.56 bits per heavy atom. The summed E-state index contributed by atoms with van der Waals surface area (Å²) in [6.07, 6.45) is -0.257. The molecule has 0 saturated carbocycles. The van der Waals surface area contributed by atoms with Crippen LogP contribution in [-0.2, 0) is 10.0 Å². The van der Waals surface area contributed by atoms with Crippen molar-refractivity contribution in [3.63, 3.8) is 0 Å². The number of aliphatic hydroxyl groups excluding tert-OH is 1. The first-order chi connectivity index (χ1) is 8.25. The number of sulfonamides is 1. The highest BCUT2D eigenvalue weighted by Crippen LogP contribution is 2.23. The van der Waals surface area contributed by atoms with Crippen molar-refractivity contribution in [1.82, 2.24) is 4.31 Å². The molecule has 1 aromatic rings. The lowest BCUT2D eigenvalue weighted by Crippen LogP contribution is -2.29. The van der Waals surface area contributed by atoms with Gasteiger partial charge >= 0.3 is 5.97 Å². The van der Waals surface area contributed by atoms with Gasteiger partial charge in [-0.3, -0.25) is 0 Å².